The van der Waals surface area contributed by atoms with E-state index in [-0.39, 0.29) is 6.04 Å². The Bertz CT molecular complexity index is 1540. The van der Waals surface area contributed by atoms with Gasteiger partial charge in [-0.1, -0.05) is 30.3 Å². The first kappa shape index (κ1) is 22.4. The number of ether oxygens (including phenoxy) is 1. The first-order valence-corrected chi connectivity index (χ1v) is 12.4. The van der Waals surface area contributed by atoms with Gasteiger partial charge in [-0.2, -0.15) is 5.10 Å². The molecule has 0 spiro atoms. The van der Waals surface area contributed by atoms with E-state index in [4.69, 9.17) is 26.3 Å². The fourth-order valence-electron chi connectivity index (χ4n) is 5.26. The third-order valence-corrected chi connectivity index (χ3v) is 7.25. The van der Waals surface area contributed by atoms with Crippen molar-refractivity contribution in [3.05, 3.63) is 66.5 Å². The van der Waals surface area contributed by atoms with Crippen LogP contribution in [0.15, 0.2) is 60.9 Å². The molecule has 1 aliphatic carbocycles. The summed E-state index contributed by atoms with van der Waals surface area (Å²) in [6.45, 7) is 2.81. The molecule has 1 saturated carbocycles. The molecule has 0 amide bonds. The maximum Gasteiger partial charge on any atom is 0.220 e. The highest BCUT2D eigenvalue weighted by Crippen LogP contribution is 2.38. The number of nitrogen functional groups attached to an aromatic ring is 1. The van der Waals surface area contributed by atoms with Gasteiger partial charge in [0.15, 0.2) is 5.65 Å². The minimum atomic E-state index is 0.269. The molecule has 3 heterocycles. The van der Waals surface area contributed by atoms with Crippen molar-refractivity contribution in [2.75, 3.05) is 12.3 Å². The number of hydrogen-bond acceptors (Lipinski definition) is 7. The third kappa shape index (κ3) is 4.03. The van der Waals surface area contributed by atoms with Crippen LogP contribution in [0.5, 0.6) is 11.6 Å². The fourth-order valence-corrected chi connectivity index (χ4v) is 5.26. The van der Waals surface area contributed by atoms with Crippen LogP contribution in [0.4, 0.5) is 5.82 Å². The van der Waals surface area contributed by atoms with Crippen molar-refractivity contribution in [1.82, 2.24) is 24.7 Å². The van der Waals surface area contributed by atoms with E-state index in [1.54, 1.807) is 0 Å². The van der Waals surface area contributed by atoms with Crippen LogP contribution in [-0.4, -0.2) is 31.3 Å². The molecule has 6 rings (SSSR count). The van der Waals surface area contributed by atoms with Gasteiger partial charge in [0, 0.05) is 17.0 Å². The molecule has 4 N–H and O–H groups in total. The second kappa shape index (κ2) is 9.20. The number of fused-ring (bicyclic) bond motifs is 2. The molecule has 5 aromatic rings. The van der Waals surface area contributed by atoms with Crippen LogP contribution in [0, 0.1) is 12.8 Å². The van der Waals surface area contributed by atoms with E-state index < -0.39 is 0 Å². The topological polar surface area (TPSA) is 118 Å². The summed E-state index contributed by atoms with van der Waals surface area (Å²) in [5, 5.41) is 6.90. The highest BCUT2D eigenvalue weighted by molar-refractivity contribution is 6.00. The molecule has 2 aromatic carbocycles. The van der Waals surface area contributed by atoms with Crippen LogP contribution in [-0.2, 0) is 0 Å². The number of aryl methyl sites for hydroxylation is 1. The standard InChI is InChI=1S/C28H29N7O/c1-17-13-24(36-21-5-3-2-4-6-21)33-23-14-19(9-12-22(17)23)26-25-27(30)31-16-32-28(25)35(34-26)20-10-7-18(15-29)8-11-20/h2-6,9,12-14,16,18,20H,7-8,10-11,15,29H2,1H3,(H2,30,31,32). The molecule has 0 aliphatic heterocycles. The Morgan fingerprint density at radius 2 is 1.81 bits per heavy atom. The third-order valence-electron chi connectivity index (χ3n) is 7.25. The van der Waals surface area contributed by atoms with E-state index in [1.807, 2.05) is 47.1 Å². The normalized spacial score (nSPS) is 18.1. The van der Waals surface area contributed by atoms with Gasteiger partial charge in [0.25, 0.3) is 0 Å². The first-order chi connectivity index (χ1) is 17.6. The number of nitrogens with two attached hydrogens (primary N) is 2. The van der Waals surface area contributed by atoms with Crippen molar-refractivity contribution < 1.29 is 4.74 Å². The lowest BCUT2D eigenvalue weighted by molar-refractivity contribution is 0.269. The van der Waals surface area contributed by atoms with Gasteiger partial charge in [0.2, 0.25) is 5.88 Å². The second-order valence-electron chi connectivity index (χ2n) is 9.59. The van der Waals surface area contributed by atoms with E-state index in [0.717, 1.165) is 76.7 Å². The van der Waals surface area contributed by atoms with E-state index >= 15 is 0 Å². The number of pyridine rings is 1. The summed E-state index contributed by atoms with van der Waals surface area (Å²) in [5.74, 6) is 2.32. The second-order valence-corrected chi connectivity index (χ2v) is 9.59. The van der Waals surface area contributed by atoms with Gasteiger partial charge < -0.3 is 16.2 Å². The lowest BCUT2D eigenvalue weighted by Gasteiger charge is -2.27. The number of para-hydroxylation sites is 1. The Hall–Kier alpha value is -4.04. The zero-order valence-electron chi connectivity index (χ0n) is 20.3. The predicted molar refractivity (Wildman–Crippen MR) is 142 cm³/mol. The van der Waals surface area contributed by atoms with E-state index in [9.17, 15) is 0 Å². The van der Waals surface area contributed by atoms with Crippen molar-refractivity contribution >= 4 is 27.8 Å². The Kier molecular flexibility index (Phi) is 5.73. The maximum absolute atomic E-state index is 6.37. The van der Waals surface area contributed by atoms with Gasteiger partial charge in [-0.15, -0.1) is 0 Å². The van der Waals surface area contributed by atoms with Gasteiger partial charge in [-0.05, 0) is 68.8 Å². The summed E-state index contributed by atoms with van der Waals surface area (Å²) in [6, 6.07) is 18.1. The highest BCUT2D eigenvalue weighted by atomic mass is 16.5. The monoisotopic (exact) mass is 479 g/mol. The number of anilines is 1. The molecule has 0 bridgehead atoms. The number of aromatic nitrogens is 5. The number of benzene rings is 2. The molecule has 1 aliphatic rings. The molecule has 8 heteroatoms. The summed E-state index contributed by atoms with van der Waals surface area (Å²) < 4.78 is 8.07. The van der Waals surface area contributed by atoms with E-state index in [1.165, 1.54) is 6.33 Å². The first-order valence-electron chi connectivity index (χ1n) is 12.4. The van der Waals surface area contributed by atoms with Gasteiger partial charge in [-0.3, -0.25) is 0 Å². The largest absolute Gasteiger partial charge is 0.439 e. The predicted octanol–water partition coefficient (Wildman–Crippen LogP) is 5.41. The Balaban J connectivity index is 1.43. The van der Waals surface area contributed by atoms with Crippen molar-refractivity contribution in [3.63, 3.8) is 0 Å². The minimum Gasteiger partial charge on any atom is -0.439 e. The summed E-state index contributed by atoms with van der Waals surface area (Å²) in [5.41, 5.74) is 16.7. The van der Waals surface area contributed by atoms with Crippen LogP contribution in [0.2, 0.25) is 0 Å². The van der Waals surface area contributed by atoms with Crippen LogP contribution < -0.4 is 16.2 Å². The van der Waals surface area contributed by atoms with Crippen molar-refractivity contribution in [1.29, 1.82) is 0 Å². The molecule has 0 unspecified atom stereocenters. The van der Waals surface area contributed by atoms with Gasteiger partial charge >= 0.3 is 0 Å². The molecule has 0 saturated heterocycles. The van der Waals surface area contributed by atoms with Gasteiger partial charge in [-0.25, -0.2) is 19.6 Å². The SMILES string of the molecule is Cc1cc(Oc2ccccc2)nc2cc(-c3nn(C4CCC(CN)CC4)c4ncnc(N)c34)ccc12. The van der Waals surface area contributed by atoms with E-state index in [2.05, 4.69) is 29.0 Å². The molecule has 3 aromatic heterocycles. The van der Waals surface area contributed by atoms with Crippen molar-refractivity contribution in [2.24, 2.45) is 11.7 Å². The number of rotatable bonds is 5. The molecule has 0 atom stereocenters. The van der Waals surface area contributed by atoms with Crippen LogP contribution in [0.1, 0.15) is 37.3 Å². The average Bonchev–Trinajstić information content (AvgIpc) is 3.30. The Morgan fingerprint density at radius 1 is 1.00 bits per heavy atom. The summed E-state index contributed by atoms with van der Waals surface area (Å²) >= 11 is 0. The fraction of sp³-hybridized carbons (Fsp3) is 0.286. The highest BCUT2D eigenvalue weighted by Gasteiger charge is 2.26. The Morgan fingerprint density at radius 3 is 2.58 bits per heavy atom. The van der Waals surface area contributed by atoms with Gasteiger partial charge in [0.1, 0.15) is 23.6 Å². The summed E-state index contributed by atoms with van der Waals surface area (Å²) in [7, 11) is 0. The molecule has 182 valence electrons. The van der Waals surface area contributed by atoms with E-state index in [0.29, 0.717) is 17.6 Å². The zero-order valence-corrected chi connectivity index (χ0v) is 20.3. The van der Waals surface area contributed by atoms with Crippen molar-refractivity contribution in [3.8, 4) is 22.9 Å². The molecular weight excluding hydrogens is 450 g/mol. The minimum absolute atomic E-state index is 0.269. The summed E-state index contributed by atoms with van der Waals surface area (Å²) in [4.78, 5) is 13.7. The molecule has 1 fully saturated rings. The molecule has 8 nitrogen and oxygen atoms in total. The molecule has 36 heavy (non-hydrogen) atoms. The molecule has 0 radical (unpaired) electrons. The zero-order chi connectivity index (χ0) is 24.6. The number of nitrogens with zero attached hydrogens (tertiary/aromatic N) is 5. The van der Waals surface area contributed by atoms with Crippen LogP contribution in [0.3, 0.4) is 0 Å². The summed E-state index contributed by atoms with van der Waals surface area (Å²) in [6.07, 6.45) is 5.77. The maximum atomic E-state index is 6.37. The average molecular weight is 480 g/mol. The van der Waals surface area contributed by atoms with Crippen LogP contribution >= 0.6 is 0 Å². The smallest absolute Gasteiger partial charge is 0.220 e. The van der Waals surface area contributed by atoms with Gasteiger partial charge in [0.05, 0.1) is 16.9 Å². The molecular formula is C28H29N7O. The lowest BCUT2D eigenvalue weighted by atomic mass is 9.86. The van der Waals surface area contributed by atoms with Crippen molar-refractivity contribution in [2.45, 2.75) is 38.6 Å². The Labute approximate surface area is 209 Å². The number of hydrogen-bond donors (Lipinski definition) is 2. The quantitative estimate of drug-likeness (QED) is 0.346. The van der Waals surface area contributed by atoms with Crippen LogP contribution in [0.25, 0.3) is 33.2 Å². The lowest BCUT2D eigenvalue weighted by Crippen LogP contribution is -2.24.